The summed E-state index contributed by atoms with van der Waals surface area (Å²) < 4.78 is 0. The van der Waals surface area contributed by atoms with Crippen molar-refractivity contribution in [3.05, 3.63) is 81.4 Å². The summed E-state index contributed by atoms with van der Waals surface area (Å²) in [6, 6.07) is 11.6. The summed E-state index contributed by atoms with van der Waals surface area (Å²) in [4.78, 5) is 43.3. The minimum atomic E-state index is -0.462. The molecule has 6 nitrogen and oxygen atoms in total. The molecule has 0 atom stereocenters. The SMILES string of the molecule is CCC(=O)c1nc[nH]c1C(=O)Nc1ccc(CC(=O)c2ccc(Cl)cc2Cl)cc1. The zero-order valence-electron chi connectivity index (χ0n) is 15.5. The number of ketones is 2. The maximum atomic E-state index is 12.5. The molecule has 2 N–H and O–H groups in total. The van der Waals surface area contributed by atoms with Crippen LogP contribution < -0.4 is 5.32 Å². The molecule has 0 unspecified atom stereocenters. The van der Waals surface area contributed by atoms with E-state index in [1.165, 1.54) is 12.4 Å². The first-order valence-electron chi connectivity index (χ1n) is 8.84. The van der Waals surface area contributed by atoms with E-state index >= 15 is 0 Å². The molecule has 1 aromatic heterocycles. The number of hydrogen-bond acceptors (Lipinski definition) is 4. The van der Waals surface area contributed by atoms with Gasteiger partial charge >= 0.3 is 0 Å². The molecule has 29 heavy (non-hydrogen) atoms. The van der Waals surface area contributed by atoms with Crippen LogP contribution in [0.5, 0.6) is 0 Å². The maximum absolute atomic E-state index is 12.5. The van der Waals surface area contributed by atoms with E-state index in [0.717, 1.165) is 5.56 Å². The Balaban J connectivity index is 1.67. The first-order valence-corrected chi connectivity index (χ1v) is 9.59. The molecule has 0 aliphatic carbocycles. The van der Waals surface area contributed by atoms with Crippen LogP contribution in [0, 0.1) is 0 Å². The first kappa shape index (κ1) is 20.8. The van der Waals surface area contributed by atoms with Gasteiger partial charge in [-0.3, -0.25) is 14.4 Å². The van der Waals surface area contributed by atoms with Crippen molar-refractivity contribution in [1.29, 1.82) is 0 Å². The van der Waals surface area contributed by atoms with E-state index in [-0.39, 0.29) is 35.8 Å². The summed E-state index contributed by atoms with van der Waals surface area (Å²) in [5.74, 6) is -0.814. The van der Waals surface area contributed by atoms with Crippen LogP contribution in [0.15, 0.2) is 48.8 Å². The molecule has 0 aliphatic rings. The number of H-pyrrole nitrogens is 1. The Labute approximate surface area is 177 Å². The van der Waals surface area contributed by atoms with Gasteiger partial charge in [-0.05, 0) is 35.9 Å². The molecular formula is C21H17Cl2N3O3. The molecule has 0 spiro atoms. The quantitative estimate of drug-likeness (QED) is 0.517. The van der Waals surface area contributed by atoms with E-state index < -0.39 is 5.91 Å². The van der Waals surface area contributed by atoms with Crippen LogP contribution in [0.1, 0.15) is 50.2 Å². The number of hydrogen-bond donors (Lipinski definition) is 2. The summed E-state index contributed by atoms with van der Waals surface area (Å²) in [5.41, 5.74) is 1.93. The van der Waals surface area contributed by atoms with Crippen molar-refractivity contribution in [3.63, 3.8) is 0 Å². The fourth-order valence-electron chi connectivity index (χ4n) is 2.74. The van der Waals surface area contributed by atoms with Gasteiger partial charge in [0.1, 0.15) is 11.4 Å². The molecule has 0 saturated heterocycles. The van der Waals surface area contributed by atoms with Crippen molar-refractivity contribution in [2.75, 3.05) is 5.32 Å². The topological polar surface area (TPSA) is 91.9 Å². The highest BCUT2D eigenvalue weighted by Gasteiger charge is 2.19. The van der Waals surface area contributed by atoms with Crippen LogP contribution in [0.4, 0.5) is 5.69 Å². The second-order valence-electron chi connectivity index (χ2n) is 6.28. The molecular weight excluding hydrogens is 413 g/mol. The zero-order chi connectivity index (χ0) is 21.0. The highest BCUT2D eigenvalue weighted by Crippen LogP contribution is 2.23. The van der Waals surface area contributed by atoms with Gasteiger partial charge in [0.2, 0.25) is 0 Å². The van der Waals surface area contributed by atoms with Gasteiger partial charge in [-0.1, -0.05) is 42.3 Å². The number of rotatable bonds is 7. The standard InChI is InChI=1S/C21H17Cl2N3O3/c1-2-17(27)19-20(25-11-24-19)21(29)26-14-6-3-12(4-7-14)9-18(28)15-8-5-13(22)10-16(15)23/h3-8,10-11H,2,9H2,1H3,(H,24,25)(H,26,29). The van der Waals surface area contributed by atoms with Gasteiger partial charge in [0.05, 0.1) is 11.3 Å². The minimum absolute atomic E-state index is 0.118. The third kappa shape index (κ3) is 4.91. The maximum Gasteiger partial charge on any atom is 0.274 e. The number of Topliss-reactive ketones (excluding diaryl/α,β-unsaturated/α-hetero) is 2. The fraction of sp³-hybridized carbons (Fsp3) is 0.143. The van der Waals surface area contributed by atoms with Gasteiger partial charge in [0.15, 0.2) is 11.6 Å². The fourth-order valence-corrected chi connectivity index (χ4v) is 3.26. The van der Waals surface area contributed by atoms with Crippen molar-refractivity contribution in [3.8, 4) is 0 Å². The molecule has 1 amide bonds. The molecule has 0 bridgehead atoms. The number of carbonyl (C=O) groups excluding carboxylic acids is 3. The predicted molar refractivity (Wildman–Crippen MR) is 112 cm³/mol. The molecule has 1 heterocycles. The summed E-state index contributed by atoms with van der Waals surface area (Å²) >= 11 is 11.9. The smallest absolute Gasteiger partial charge is 0.274 e. The molecule has 2 aromatic carbocycles. The van der Waals surface area contributed by atoms with Crippen molar-refractivity contribution in [2.24, 2.45) is 0 Å². The van der Waals surface area contributed by atoms with Crippen LogP contribution >= 0.6 is 23.2 Å². The Bertz CT molecular complexity index is 1080. The minimum Gasteiger partial charge on any atom is -0.340 e. The lowest BCUT2D eigenvalue weighted by Gasteiger charge is -2.07. The average Bonchev–Trinajstić information content (AvgIpc) is 3.19. The summed E-state index contributed by atoms with van der Waals surface area (Å²) in [6.45, 7) is 1.70. The molecule has 148 valence electrons. The van der Waals surface area contributed by atoms with Crippen LogP contribution in [0.2, 0.25) is 10.0 Å². The van der Waals surface area contributed by atoms with Gasteiger partial charge in [0.25, 0.3) is 5.91 Å². The largest absolute Gasteiger partial charge is 0.340 e. The zero-order valence-corrected chi connectivity index (χ0v) is 17.0. The average molecular weight is 430 g/mol. The Hall–Kier alpha value is -2.96. The number of carbonyl (C=O) groups is 3. The second kappa shape index (κ2) is 9.03. The number of aromatic nitrogens is 2. The molecule has 8 heteroatoms. The summed E-state index contributed by atoms with van der Waals surface area (Å²) in [7, 11) is 0. The third-order valence-electron chi connectivity index (χ3n) is 4.26. The van der Waals surface area contributed by atoms with E-state index in [1.54, 1.807) is 43.3 Å². The highest BCUT2D eigenvalue weighted by molar-refractivity contribution is 6.36. The monoisotopic (exact) mass is 429 g/mol. The third-order valence-corrected chi connectivity index (χ3v) is 4.81. The second-order valence-corrected chi connectivity index (χ2v) is 7.12. The Morgan fingerprint density at radius 3 is 2.41 bits per heavy atom. The lowest BCUT2D eigenvalue weighted by molar-refractivity contribution is 0.0963. The summed E-state index contributed by atoms with van der Waals surface area (Å²) in [6.07, 6.45) is 1.73. The molecule has 0 aliphatic heterocycles. The van der Waals surface area contributed by atoms with Gasteiger partial charge in [-0.2, -0.15) is 0 Å². The number of nitrogens with zero attached hydrogens (tertiary/aromatic N) is 1. The number of aromatic amines is 1. The number of benzene rings is 2. The van der Waals surface area contributed by atoms with E-state index in [2.05, 4.69) is 15.3 Å². The number of nitrogens with one attached hydrogen (secondary N) is 2. The number of anilines is 1. The van der Waals surface area contributed by atoms with Crippen LogP contribution in [-0.4, -0.2) is 27.4 Å². The van der Waals surface area contributed by atoms with Gasteiger partial charge in [0, 0.05) is 29.1 Å². The molecule has 3 rings (SSSR count). The Kier molecular flexibility index (Phi) is 6.46. The molecule has 0 saturated carbocycles. The highest BCUT2D eigenvalue weighted by atomic mass is 35.5. The van der Waals surface area contributed by atoms with Gasteiger partial charge in [-0.25, -0.2) is 4.98 Å². The van der Waals surface area contributed by atoms with Crippen molar-refractivity contribution >= 4 is 46.4 Å². The van der Waals surface area contributed by atoms with Crippen molar-refractivity contribution < 1.29 is 14.4 Å². The van der Waals surface area contributed by atoms with Crippen LogP contribution in [0.3, 0.4) is 0 Å². The predicted octanol–water partition coefficient (Wildman–Crippen LogP) is 4.99. The van der Waals surface area contributed by atoms with Gasteiger partial charge in [-0.15, -0.1) is 0 Å². The summed E-state index contributed by atoms with van der Waals surface area (Å²) in [5, 5.41) is 3.48. The van der Waals surface area contributed by atoms with E-state index in [0.29, 0.717) is 21.3 Å². The number of halogens is 2. The van der Waals surface area contributed by atoms with E-state index in [9.17, 15) is 14.4 Å². The van der Waals surface area contributed by atoms with E-state index in [1.807, 2.05) is 0 Å². The van der Waals surface area contributed by atoms with Crippen LogP contribution in [-0.2, 0) is 6.42 Å². The first-order chi connectivity index (χ1) is 13.9. The number of imidazole rings is 1. The lowest BCUT2D eigenvalue weighted by Crippen LogP contribution is -2.16. The van der Waals surface area contributed by atoms with E-state index in [4.69, 9.17) is 23.2 Å². The lowest BCUT2D eigenvalue weighted by atomic mass is 10.0. The Morgan fingerprint density at radius 2 is 1.76 bits per heavy atom. The van der Waals surface area contributed by atoms with Gasteiger partial charge < -0.3 is 10.3 Å². The number of amides is 1. The normalized spacial score (nSPS) is 10.6. The molecule has 0 radical (unpaired) electrons. The van der Waals surface area contributed by atoms with Crippen molar-refractivity contribution in [1.82, 2.24) is 9.97 Å². The molecule has 3 aromatic rings. The molecule has 0 fully saturated rings. The van der Waals surface area contributed by atoms with Crippen molar-refractivity contribution in [2.45, 2.75) is 19.8 Å². The Morgan fingerprint density at radius 1 is 1.03 bits per heavy atom. The van der Waals surface area contributed by atoms with Crippen LogP contribution in [0.25, 0.3) is 0 Å².